The summed E-state index contributed by atoms with van der Waals surface area (Å²) in [6, 6.07) is 1.43. The SMILES string of the molecule is O=C(O)CC1(Nc2cc(=O)[nH]c(C3CC3)n2)CCCCC1. The van der Waals surface area contributed by atoms with Crippen LogP contribution in [0.15, 0.2) is 10.9 Å². The Morgan fingerprint density at radius 1 is 1.38 bits per heavy atom. The maximum Gasteiger partial charge on any atom is 0.305 e. The minimum absolute atomic E-state index is 0.0697. The molecule has 0 aromatic carbocycles. The van der Waals surface area contributed by atoms with Gasteiger partial charge in [0, 0.05) is 17.5 Å². The molecule has 114 valence electrons. The first kappa shape index (κ1) is 14.1. The summed E-state index contributed by atoms with van der Waals surface area (Å²) >= 11 is 0. The van der Waals surface area contributed by atoms with Crippen molar-refractivity contribution < 1.29 is 9.90 Å². The molecule has 6 heteroatoms. The Kier molecular flexibility index (Phi) is 3.69. The number of carbonyl (C=O) groups is 1. The number of anilines is 1. The van der Waals surface area contributed by atoms with Gasteiger partial charge in [-0.05, 0) is 25.7 Å². The Balaban J connectivity index is 1.84. The van der Waals surface area contributed by atoms with Crippen LogP contribution in [0.3, 0.4) is 0 Å². The zero-order valence-electron chi connectivity index (χ0n) is 12.0. The van der Waals surface area contributed by atoms with E-state index in [9.17, 15) is 14.7 Å². The van der Waals surface area contributed by atoms with Crippen LogP contribution in [0.5, 0.6) is 0 Å². The fraction of sp³-hybridized carbons (Fsp3) is 0.667. The predicted octanol–water partition coefficient (Wildman–Crippen LogP) is 2.24. The molecule has 0 spiro atoms. The third kappa shape index (κ3) is 3.43. The van der Waals surface area contributed by atoms with Crippen molar-refractivity contribution in [3.05, 3.63) is 22.2 Å². The molecule has 3 N–H and O–H groups in total. The lowest BCUT2D eigenvalue weighted by molar-refractivity contribution is -0.138. The highest BCUT2D eigenvalue weighted by molar-refractivity contribution is 5.69. The highest BCUT2D eigenvalue weighted by Gasteiger charge is 2.35. The van der Waals surface area contributed by atoms with Crippen LogP contribution in [0.1, 0.15) is 63.1 Å². The summed E-state index contributed by atoms with van der Waals surface area (Å²) in [6.45, 7) is 0. The van der Waals surface area contributed by atoms with E-state index in [1.54, 1.807) is 0 Å². The van der Waals surface area contributed by atoms with E-state index in [1.807, 2.05) is 0 Å². The van der Waals surface area contributed by atoms with Gasteiger partial charge in [0.05, 0.1) is 6.42 Å². The molecule has 0 saturated heterocycles. The zero-order chi connectivity index (χ0) is 14.9. The van der Waals surface area contributed by atoms with E-state index >= 15 is 0 Å². The number of nitrogens with zero attached hydrogens (tertiary/aromatic N) is 1. The van der Waals surface area contributed by atoms with Crippen molar-refractivity contribution in [1.82, 2.24) is 9.97 Å². The maximum absolute atomic E-state index is 11.8. The molecular formula is C15H21N3O3. The zero-order valence-corrected chi connectivity index (χ0v) is 12.0. The average molecular weight is 291 g/mol. The molecule has 0 aliphatic heterocycles. The van der Waals surface area contributed by atoms with Gasteiger partial charge in [-0.3, -0.25) is 9.59 Å². The second kappa shape index (κ2) is 5.50. The van der Waals surface area contributed by atoms with Crippen molar-refractivity contribution in [1.29, 1.82) is 0 Å². The lowest BCUT2D eigenvalue weighted by Crippen LogP contribution is -2.43. The van der Waals surface area contributed by atoms with Gasteiger partial charge in [-0.2, -0.15) is 0 Å². The van der Waals surface area contributed by atoms with E-state index < -0.39 is 11.5 Å². The van der Waals surface area contributed by atoms with Gasteiger partial charge in [-0.25, -0.2) is 4.98 Å². The quantitative estimate of drug-likeness (QED) is 0.773. The van der Waals surface area contributed by atoms with Crippen molar-refractivity contribution in [3.8, 4) is 0 Å². The van der Waals surface area contributed by atoms with E-state index in [0.717, 1.165) is 50.8 Å². The number of rotatable bonds is 5. The Labute approximate surface area is 123 Å². The standard InChI is InChI=1S/C15H21N3O3/c19-12-8-11(16-14(17-12)10-4-5-10)18-15(9-13(20)21)6-2-1-3-7-15/h8,10H,1-7,9H2,(H,20,21)(H2,16,17,18,19). The molecule has 1 aromatic rings. The minimum Gasteiger partial charge on any atom is -0.481 e. The van der Waals surface area contributed by atoms with E-state index in [2.05, 4.69) is 15.3 Å². The van der Waals surface area contributed by atoms with Crippen LogP contribution in [0, 0.1) is 0 Å². The molecule has 21 heavy (non-hydrogen) atoms. The molecule has 3 rings (SSSR count). The van der Waals surface area contributed by atoms with Crippen LogP contribution >= 0.6 is 0 Å². The van der Waals surface area contributed by atoms with E-state index in [0.29, 0.717) is 11.7 Å². The smallest absolute Gasteiger partial charge is 0.305 e. The number of carboxylic acids is 1. The van der Waals surface area contributed by atoms with Crippen LogP contribution in [-0.2, 0) is 4.79 Å². The second-order valence-corrected chi connectivity index (χ2v) is 6.33. The fourth-order valence-corrected chi connectivity index (χ4v) is 3.23. The van der Waals surface area contributed by atoms with Crippen LogP contribution in [-0.4, -0.2) is 26.6 Å². The van der Waals surface area contributed by atoms with Crippen molar-refractivity contribution in [2.24, 2.45) is 0 Å². The Bertz CT molecular complexity index is 586. The molecular weight excluding hydrogens is 270 g/mol. The molecule has 0 bridgehead atoms. The molecule has 2 aliphatic rings. The normalized spacial score (nSPS) is 21.0. The number of nitrogens with one attached hydrogen (secondary N) is 2. The molecule has 6 nitrogen and oxygen atoms in total. The molecule has 1 heterocycles. The molecule has 0 atom stereocenters. The lowest BCUT2D eigenvalue weighted by atomic mass is 9.79. The molecule has 0 radical (unpaired) electrons. The number of hydrogen-bond acceptors (Lipinski definition) is 4. The highest BCUT2D eigenvalue weighted by Crippen LogP contribution is 2.38. The van der Waals surface area contributed by atoms with Crippen molar-refractivity contribution >= 4 is 11.8 Å². The first-order chi connectivity index (χ1) is 10.1. The number of hydrogen-bond donors (Lipinski definition) is 3. The van der Waals surface area contributed by atoms with Crippen LogP contribution in [0.4, 0.5) is 5.82 Å². The summed E-state index contributed by atoms with van der Waals surface area (Å²) in [4.78, 5) is 30.2. The number of aliphatic carboxylic acids is 1. The van der Waals surface area contributed by atoms with Crippen LogP contribution < -0.4 is 10.9 Å². The number of aromatic nitrogens is 2. The van der Waals surface area contributed by atoms with Gasteiger partial charge < -0.3 is 15.4 Å². The van der Waals surface area contributed by atoms with Gasteiger partial charge in [0.25, 0.3) is 5.56 Å². The Hall–Kier alpha value is -1.85. The van der Waals surface area contributed by atoms with Gasteiger partial charge >= 0.3 is 5.97 Å². The van der Waals surface area contributed by atoms with Gasteiger partial charge in [0.15, 0.2) is 0 Å². The van der Waals surface area contributed by atoms with Crippen molar-refractivity contribution in [2.45, 2.75) is 62.8 Å². The maximum atomic E-state index is 11.8. The molecule has 1 aromatic heterocycles. The van der Waals surface area contributed by atoms with Gasteiger partial charge in [-0.1, -0.05) is 19.3 Å². The Morgan fingerprint density at radius 3 is 2.71 bits per heavy atom. The lowest BCUT2D eigenvalue weighted by Gasteiger charge is -2.37. The third-order valence-corrected chi connectivity index (χ3v) is 4.42. The summed E-state index contributed by atoms with van der Waals surface area (Å²) in [5.74, 6) is 0.799. The van der Waals surface area contributed by atoms with Gasteiger partial charge in [0.2, 0.25) is 0 Å². The summed E-state index contributed by atoms with van der Waals surface area (Å²) in [5, 5.41) is 12.5. The van der Waals surface area contributed by atoms with E-state index in [1.165, 1.54) is 6.07 Å². The summed E-state index contributed by atoms with van der Waals surface area (Å²) in [7, 11) is 0. The molecule has 2 aliphatic carbocycles. The number of H-pyrrole nitrogens is 1. The number of carboxylic acid groups (broad SMARTS) is 1. The summed E-state index contributed by atoms with van der Waals surface area (Å²) in [6.07, 6.45) is 6.98. The van der Waals surface area contributed by atoms with Gasteiger partial charge in [-0.15, -0.1) is 0 Å². The summed E-state index contributed by atoms with van der Waals surface area (Å²) < 4.78 is 0. The third-order valence-electron chi connectivity index (χ3n) is 4.42. The largest absolute Gasteiger partial charge is 0.481 e. The monoisotopic (exact) mass is 291 g/mol. The Morgan fingerprint density at radius 2 is 2.10 bits per heavy atom. The van der Waals surface area contributed by atoms with Crippen LogP contribution in [0.2, 0.25) is 0 Å². The van der Waals surface area contributed by atoms with E-state index in [-0.39, 0.29) is 12.0 Å². The predicted molar refractivity (Wildman–Crippen MR) is 78.5 cm³/mol. The van der Waals surface area contributed by atoms with E-state index in [4.69, 9.17) is 0 Å². The topological polar surface area (TPSA) is 95.1 Å². The second-order valence-electron chi connectivity index (χ2n) is 6.33. The summed E-state index contributed by atoms with van der Waals surface area (Å²) in [5.41, 5.74) is -0.637. The molecule has 0 unspecified atom stereocenters. The fourth-order valence-electron chi connectivity index (χ4n) is 3.23. The molecule has 2 saturated carbocycles. The molecule has 0 amide bonds. The minimum atomic E-state index is -0.809. The van der Waals surface area contributed by atoms with Crippen molar-refractivity contribution in [3.63, 3.8) is 0 Å². The first-order valence-corrected chi connectivity index (χ1v) is 7.68. The highest BCUT2D eigenvalue weighted by atomic mass is 16.4. The first-order valence-electron chi connectivity index (χ1n) is 7.68. The van der Waals surface area contributed by atoms with Crippen molar-refractivity contribution in [2.75, 3.05) is 5.32 Å². The number of aromatic amines is 1. The average Bonchev–Trinajstić information content (AvgIpc) is 3.21. The molecule has 2 fully saturated rings. The van der Waals surface area contributed by atoms with Crippen LogP contribution in [0.25, 0.3) is 0 Å². The van der Waals surface area contributed by atoms with Gasteiger partial charge in [0.1, 0.15) is 11.6 Å².